The van der Waals surface area contributed by atoms with E-state index in [1.165, 1.54) is 23.5 Å². The number of esters is 1. The second kappa shape index (κ2) is 10.7. The van der Waals surface area contributed by atoms with Crippen molar-refractivity contribution >= 4 is 16.0 Å². The Kier molecular flexibility index (Phi) is 8.13. The SMILES string of the molecule is COc1ccc(S(=O)(=O)N(Cc2ccncc2)C(C(=O)OC(C)(C)C)C2CCCCC2)cc1. The zero-order chi connectivity index (χ0) is 24.1. The van der Waals surface area contributed by atoms with Crippen molar-refractivity contribution in [2.24, 2.45) is 5.92 Å². The van der Waals surface area contributed by atoms with Crippen molar-refractivity contribution in [2.75, 3.05) is 7.11 Å². The van der Waals surface area contributed by atoms with Gasteiger partial charge in [0, 0.05) is 18.9 Å². The van der Waals surface area contributed by atoms with Gasteiger partial charge in [-0.25, -0.2) is 8.42 Å². The summed E-state index contributed by atoms with van der Waals surface area (Å²) in [6.45, 7) is 5.45. The quantitative estimate of drug-likeness (QED) is 0.521. The fourth-order valence-electron chi connectivity index (χ4n) is 4.24. The van der Waals surface area contributed by atoms with Gasteiger partial charge in [-0.15, -0.1) is 0 Å². The van der Waals surface area contributed by atoms with Crippen LogP contribution in [0, 0.1) is 5.92 Å². The molecule has 0 N–H and O–H groups in total. The van der Waals surface area contributed by atoms with Crippen molar-refractivity contribution in [1.82, 2.24) is 9.29 Å². The molecule has 0 aliphatic heterocycles. The Morgan fingerprint density at radius 2 is 1.67 bits per heavy atom. The normalized spacial score (nSPS) is 16.4. The molecule has 1 aromatic heterocycles. The van der Waals surface area contributed by atoms with Gasteiger partial charge < -0.3 is 9.47 Å². The maximum atomic E-state index is 14.0. The highest BCUT2D eigenvalue weighted by Gasteiger charge is 2.43. The minimum absolute atomic E-state index is 0.0529. The fraction of sp³-hybridized carbons (Fsp3) is 0.520. The number of methoxy groups -OCH3 is 1. The molecule has 1 unspecified atom stereocenters. The number of hydrogen-bond acceptors (Lipinski definition) is 6. The topological polar surface area (TPSA) is 85.8 Å². The number of pyridine rings is 1. The molecule has 3 rings (SSSR count). The second-order valence-electron chi connectivity index (χ2n) is 9.46. The van der Waals surface area contributed by atoms with Gasteiger partial charge in [0.2, 0.25) is 10.0 Å². The van der Waals surface area contributed by atoms with Crippen LogP contribution in [0.2, 0.25) is 0 Å². The monoisotopic (exact) mass is 474 g/mol. The first-order valence-corrected chi connectivity index (χ1v) is 12.8. The fourth-order valence-corrected chi connectivity index (χ4v) is 5.87. The number of benzene rings is 1. The van der Waals surface area contributed by atoms with E-state index in [-0.39, 0.29) is 17.4 Å². The Hall–Kier alpha value is -2.45. The molecule has 8 heteroatoms. The van der Waals surface area contributed by atoms with E-state index in [0.29, 0.717) is 5.75 Å². The number of sulfonamides is 1. The average molecular weight is 475 g/mol. The van der Waals surface area contributed by atoms with Gasteiger partial charge in [0.25, 0.3) is 0 Å². The van der Waals surface area contributed by atoms with Crippen LogP contribution < -0.4 is 4.74 Å². The molecule has 0 spiro atoms. The summed E-state index contributed by atoms with van der Waals surface area (Å²) in [6, 6.07) is 8.88. The third kappa shape index (κ3) is 6.54. The second-order valence-corrected chi connectivity index (χ2v) is 11.3. The molecule has 1 aliphatic carbocycles. The molecule has 0 amide bonds. The maximum Gasteiger partial charge on any atom is 0.325 e. The van der Waals surface area contributed by atoms with E-state index in [1.54, 1.807) is 57.4 Å². The molecule has 7 nitrogen and oxygen atoms in total. The van der Waals surface area contributed by atoms with Gasteiger partial charge in [-0.3, -0.25) is 9.78 Å². The first kappa shape index (κ1) is 25.2. The van der Waals surface area contributed by atoms with Gasteiger partial charge in [0.15, 0.2) is 0 Å². The van der Waals surface area contributed by atoms with Crippen LogP contribution >= 0.6 is 0 Å². The molecule has 2 aromatic rings. The molecule has 1 heterocycles. The Bertz CT molecular complexity index is 1010. The predicted molar refractivity (Wildman–Crippen MR) is 126 cm³/mol. The van der Waals surface area contributed by atoms with Gasteiger partial charge in [-0.1, -0.05) is 19.3 Å². The molecule has 180 valence electrons. The van der Waals surface area contributed by atoms with Crippen LogP contribution in [-0.2, 0) is 26.1 Å². The number of aromatic nitrogens is 1. The third-order valence-electron chi connectivity index (χ3n) is 5.81. The van der Waals surface area contributed by atoms with Crippen LogP contribution in [0.25, 0.3) is 0 Å². The maximum absolute atomic E-state index is 14.0. The molecule has 0 saturated heterocycles. The lowest BCUT2D eigenvalue weighted by atomic mass is 9.83. The third-order valence-corrected chi connectivity index (χ3v) is 7.65. The zero-order valence-electron chi connectivity index (χ0n) is 19.9. The Morgan fingerprint density at radius 3 is 2.21 bits per heavy atom. The lowest BCUT2D eigenvalue weighted by molar-refractivity contribution is -0.162. The van der Waals surface area contributed by atoms with Crippen LogP contribution in [0.4, 0.5) is 0 Å². The summed E-state index contributed by atoms with van der Waals surface area (Å²) >= 11 is 0. The number of nitrogens with zero attached hydrogens (tertiary/aromatic N) is 2. The number of carbonyl (C=O) groups is 1. The first-order valence-electron chi connectivity index (χ1n) is 11.4. The van der Waals surface area contributed by atoms with Crippen LogP contribution in [0.3, 0.4) is 0 Å². The number of ether oxygens (including phenoxy) is 2. The summed E-state index contributed by atoms with van der Waals surface area (Å²) in [5.74, 6) is -0.0467. The summed E-state index contributed by atoms with van der Waals surface area (Å²) in [7, 11) is -2.49. The molecule has 1 atom stereocenters. The van der Waals surface area contributed by atoms with E-state index in [1.807, 2.05) is 0 Å². The molecular formula is C25H34N2O5S. The van der Waals surface area contributed by atoms with Crippen LogP contribution in [0.1, 0.15) is 58.4 Å². The largest absolute Gasteiger partial charge is 0.497 e. The van der Waals surface area contributed by atoms with E-state index < -0.39 is 27.6 Å². The molecule has 1 aliphatic rings. The van der Waals surface area contributed by atoms with Gasteiger partial charge in [-0.05, 0) is 81.5 Å². The van der Waals surface area contributed by atoms with Crippen LogP contribution in [0.5, 0.6) is 5.75 Å². The minimum atomic E-state index is -4.02. The zero-order valence-corrected chi connectivity index (χ0v) is 20.7. The van der Waals surface area contributed by atoms with E-state index >= 15 is 0 Å². The highest BCUT2D eigenvalue weighted by molar-refractivity contribution is 7.89. The smallest absolute Gasteiger partial charge is 0.325 e. The van der Waals surface area contributed by atoms with Gasteiger partial charge in [0.05, 0.1) is 12.0 Å². The molecule has 33 heavy (non-hydrogen) atoms. The standard InChI is InChI=1S/C25H34N2O5S/c1-25(2,3)32-24(28)23(20-8-6-5-7-9-20)27(18-19-14-16-26-17-15-19)33(29,30)22-12-10-21(31-4)11-13-22/h10-17,20,23H,5-9,18H2,1-4H3. The van der Waals surface area contributed by atoms with Crippen molar-refractivity contribution < 1.29 is 22.7 Å². The molecule has 1 aromatic carbocycles. The van der Waals surface area contributed by atoms with Gasteiger partial charge in [-0.2, -0.15) is 4.31 Å². The average Bonchev–Trinajstić information content (AvgIpc) is 2.79. The number of carbonyl (C=O) groups excluding carboxylic acids is 1. The summed E-state index contributed by atoms with van der Waals surface area (Å²) in [6.07, 6.45) is 7.84. The summed E-state index contributed by atoms with van der Waals surface area (Å²) in [5.41, 5.74) is 0.0300. The highest BCUT2D eigenvalue weighted by atomic mass is 32.2. The first-order chi connectivity index (χ1) is 15.6. The summed E-state index contributed by atoms with van der Waals surface area (Å²) in [4.78, 5) is 17.7. The van der Waals surface area contributed by atoms with Crippen LogP contribution in [-0.4, -0.2) is 42.4 Å². The summed E-state index contributed by atoms with van der Waals surface area (Å²) < 4.78 is 40.2. The lowest BCUT2D eigenvalue weighted by Crippen LogP contribution is -2.51. The van der Waals surface area contributed by atoms with E-state index in [9.17, 15) is 13.2 Å². The van der Waals surface area contributed by atoms with Crippen molar-refractivity contribution in [3.63, 3.8) is 0 Å². The minimum Gasteiger partial charge on any atom is -0.497 e. The molecule has 1 saturated carbocycles. The molecule has 0 radical (unpaired) electrons. The molecule has 1 fully saturated rings. The summed E-state index contributed by atoms with van der Waals surface area (Å²) in [5, 5.41) is 0. The Labute approximate surface area is 197 Å². The van der Waals surface area contributed by atoms with Crippen LogP contribution in [0.15, 0.2) is 53.7 Å². The van der Waals surface area contributed by atoms with Crippen molar-refractivity contribution in [2.45, 2.75) is 76.0 Å². The van der Waals surface area contributed by atoms with E-state index in [2.05, 4.69) is 4.98 Å². The number of hydrogen-bond donors (Lipinski definition) is 0. The molecule has 0 bridgehead atoms. The lowest BCUT2D eigenvalue weighted by Gasteiger charge is -2.37. The molecular weight excluding hydrogens is 440 g/mol. The van der Waals surface area contributed by atoms with Crippen molar-refractivity contribution in [3.05, 3.63) is 54.4 Å². The van der Waals surface area contributed by atoms with Gasteiger partial charge in [0.1, 0.15) is 17.4 Å². The number of rotatable bonds is 8. The van der Waals surface area contributed by atoms with E-state index in [0.717, 1.165) is 37.7 Å². The highest BCUT2D eigenvalue weighted by Crippen LogP contribution is 2.34. The van der Waals surface area contributed by atoms with E-state index in [4.69, 9.17) is 9.47 Å². The van der Waals surface area contributed by atoms with Crippen molar-refractivity contribution in [1.29, 1.82) is 0 Å². The van der Waals surface area contributed by atoms with Gasteiger partial charge >= 0.3 is 5.97 Å². The predicted octanol–water partition coefficient (Wildman–Crippen LogP) is 4.57. The Balaban J connectivity index is 2.09. The Morgan fingerprint density at radius 1 is 1.06 bits per heavy atom. The van der Waals surface area contributed by atoms with Crippen molar-refractivity contribution in [3.8, 4) is 5.75 Å².